The Bertz CT molecular complexity index is 987. The molecule has 31 heavy (non-hydrogen) atoms. The van der Waals surface area contributed by atoms with Crippen LogP contribution < -0.4 is 0 Å². The summed E-state index contributed by atoms with van der Waals surface area (Å²) in [7, 11) is 0. The lowest BCUT2D eigenvalue weighted by Gasteiger charge is -2.37. The Labute approximate surface area is 181 Å². The van der Waals surface area contributed by atoms with Crippen molar-refractivity contribution >= 4 is 17.7 Å². The number of halogens is 1. The predicted octanol–water partition coefficient (Wildman–Crippen LogP) is 2.72. The number of amides is 3. The molecule has 6 nitrogen and oxygen atoms in total. The lowest BCUT2D eigenvalue weighted by molar-refractivity contribution is -0.136. The van der Waals surface area contributed by atoms with Gasteiger partial charge in [-0.05, 0) is 49.6 Å². The maximum absolute atomic E-state index is 13.8. The summed E-state index contributed by atoms with van der Waals surface area (Å²) in [5, 5.41) is 0. The van der Waals surface area contributed by atoms with Gasteiger partial charge in [-0.25, -0.2) is 4.39 Å². The standard InChI is InChI=1S/C24H26FN3O3/c1-17-9-10-19(16-20(17)25)22(29)26-12-14-27(15-13-26)24(31)21-8-5-11-28(21)23(30)18-6-3-2-4-7-18/h2-4,6-7,9-10,16,21H,5,8,11-15H2,1H3. The van der Waals surface area contributed by atoms with Crippen molar-refractivity contribution < 1.29 is 18.8 Å². The van der Waals surface area contributed by atoms with Gasteiger partial charge in [0.25, 0.3) is 11.8 Å². The zero-order chi connectivity index (χ0) is 22.0. The van der Waals surface area contributed by atoms with Crippen molar-refractivity contribution in [1.82, 2.24) is 14.7 Å². The first-order valence-corrected chi connectivity index (χ1v) is 10.7. The van der Waals surface area contributed by atoms with Gasteiger partial charge in [-0.15, -0.1) is 0 Å². The van der Waals surface area contributed by atoms with E-state index in [0.29, 0.717) is 55.8 Å². The van der Waals surface area contributed by atoms with E-state index in [1.165, 1.54) is 6.07 Å². The number of piperazine rings is 1. The Kier molecular flexibility index (Phi) is 6.02. The number of hydrogen-bond donors (Lipinski definition) is 0. The van der Waals surface area contributed by atoms with Gasteiger partial charge in [0.05, 0.1) is 0 Å². The van der Waals surface area contributed by atoms with E-state index in [1.54, 1.807) is 45.9 Å². The van der Waals surface area contributed by atoms with Gasteiger partial charge in [0, 0.05) is 43.9 Å². The van der Waals surface area contributed by atoms with Gasteiger partial charge in [0.15, 0.2) is 0 Å². The van der Waals surface area contributed by atoms with Gasteiger partial charge in [-0.2, -0.15) is 0 Å². The molecule has 0 radical (unpaired) electrons. The van der Waals surface area contributed by atoms with Gasteiger partial charge in [0.2, 0.25) is 5.91 Å². The van der Waals surface area contributed by atoms with E-state index in [0.717, 1.165) is 6.42 Å². The molecule has 2 saturated heterocycles. The summed E-state index contributed by atoms with van der Waals surface area (Å²) in [4.78, 5) is 43.8. The fourth-order valence-electron chi connectivity index (χ4n) is 4.26. The number of aryl methyl sites for hydroxylation is 1. The summed E-state index contributed by atoms with van der Waals surface area (Å²) in [5.41, 5.74) is 1.40. The highest BCUT2D eigenvalue weighted by Crippen LogP contribution is 2.23. The van der Waals surface area contributed by atoms with Crippen LogP contribution in [0, 0.1) is 12.7 Å². The molecule has 2 heterocycles. The molecular formula is C24H26FN3O3. The van der Waals surface area contributed by atoms with Crippen LogP contribution >= 0.6 is 0 Å². The molecular weight excluding hydrogens is 397 g/mol. The van der Waals surface area contributed by atoms with Crippen LogP contribution in [0.5, 0.6) is 0 Å². The van der Waals surface area contributed by atoms with Gasteiger partial charge >= 0.3 is 0 Å². The van der Waals surface area contributed by atoms with Crippen LogP contribution in [0.2, 0.25) is 0 Å². The minimum atomic E-state index is -0.457. The van der Waals surface area contributed by atoms with Crippen LogP contribution in [-0.4, -0.2) is 71.2 Å². The Morgan fingerprint density at radius 1 is 0.839 bits per heavy atom. The van der Waals surface area contributed by atoms with E-state index in [4.69, 9.17) is 0 Å². The van der Waals surface area contributed by atoms with Crippen molar-refractivity contribution in [3.8, 4) is 0 Å². The summed E-state index contributed by atoms with van der Waals surface area (Å²) >= 11 is 0. The van der Waals surface area contributed by atoms with Crippen molar-refractivity contribution in [3.63, 3.8) is 0 Å². The average Bonchev–Trinajstić information content (AvgIpc) is 3.30. The Morgan fingerprint density at radius 3 is 2.19 bits per heavy atom. The second-order valence-corrected chi connectivity index (χ2v) is 8.10. The Morgan fingerprint density at radius 2 is 1.52 bits per heavy atom. The van der Waals surface area contributed by atoms with E-state index in [2.05, 4.69) is 0 Å². The smallest absolute Gasteiger partial charge is 0.254 e. The van der Waals surface area contributed by atoms with Gasteiger partial charge in [0.1, 0.15) is 11.9 Å². The van der Waals surface area contributed by atoms with E-state index >= 15 is 0 Å². The third-order valence-corrected chi connectivity index (χ3v) is 6.12. The molecule has 2 aromatic carbocycles. The minimum absolute atomic E-state index is 0.0599. The number of nitrogens with zero attached hydrogens (tertiary/aromatic N) is 3. The van der Waals surface area contributed by atoms with Crippen molar-refractivity contribution in [2.75, 3.05) is 32.7 Å². The molecule has 7 heteroatoms. The summed E-state index contributed by atoms with van der Waals surface area (Å²) in [6.07, 6.45) is 1.45. The lowest BCUT2D eigenvalue weighted by Crippen LogP contribution is -2.55. The molecule has 0 aliphatic carbocycles. The fraction of sp³-hybridized carbons (Fsp3) is 0.375. The molecule has 0 spiro atoms. The van der Waals surface area contributed by atoms with Crippen LogP contribution in [0.4, 0.5) is 4.39 Å². The molecule has 162 valence electrons. The number of rotatable bonds is 3. The van der Waals surface area contributed by atoms with Crippen LogP contribution in [-0.2, 0) is 4.79 Å². The number of benzene rings is 2. The molecule has 2 fully saturated rings. The summed E-state index contributed by atoms with van der Waals surface area (Å²) in [6.45, 7) is 3.81. The van der Waals surface area contributed by atoms with Crippen molar-refractivity contribution in [2.24, 2.45) is 0 Å². The maximum atomic E-state index is 13.8. The maximum Gasteiger partial charge on any atom is 0.254 e. The quantitative estimate of drug-likeness (QED) is 0.763. The van der Waals surface area contributed by atoms with Crippen molar-refractivity contribution in [3.05, 3.63) is 71.0 Å². The first-order chi connectivity index (χ1) is 15.0. The van der Waals surface area contributed by atoms with Gasteiger partial charge in [-0.3, -0.25) is 14.4 Å². The summed E-state index contributed by atoms with van der Waals surface area (Å²) in [5.74, 6) is -0.807. The molecule has 0 N–H and O–H groups in total. The molecule has 4 rings (SSSR count). The van der Waals surface area contributed by atoms with Crippen molar-refractivity contribution in [1.29, 1.82) is 0 Å². The third-order valence-electron chi connectivity index (χ3n) is 6.12. The molecule has 0 bridgehead atoms. The Balaban J connectivity index is 1.38. The van der Waals surface area contributed by atoms with Crippen LogP contribution in [0.25, 0.3) is 0 Å². The van der Waals surface area contributed by atoms with E-state index in [9.17, 15) is 18.8 Å². The lowest BCUT2D eigenvalue weighted by atomic mass is 10.1. The molecule has 1 unspecified atom stereocenters. The molecule has 1 atom stereocenters. The first-order valence-electron chi connectivity index (χ1n) is 10.7. The number of likely N-dealkylation sites (tertiary alicyclic amines) is 1. The van der Waals surface area contributed by atoms with Gasteiger partial charge < -0.3 is 14.7 Å². The largest absolute Gasteiger partial charge is 0.337 e. The molecule has 0 aromatic heterocycles. The molecule has 2 aliphatic heterocycles. The topological polar surface area (TPSA) is 60.9 Å². The van der Waals surface area contributed by atoms with Crippen LogP contribution in [0.15, 0.2) is 48.5 Å². The van der Waals surface area contributed by atoms with E-state index < -0.39 is 11.9 Å². The highest BCUT2D eigenvalue weighted by atomic mass is 19.1. The molecule has 2 aromatic rings. The SMILES string of the molecule is Cc1ccc(C(=O)N2CCN(C(=O)C3CCCN3C(=O)c3ccccc3)CC2)cc1F. The zero-order valence-corrected chi connectivity index (χ0v) is 17.6. The normalized spacial score (nSPS) is 18.9. The highest BCUT2D eigenvalue weighted by molar-refractivity contribution is 5.98. The monoisotopic (exact) mass is 423 g/mol. The summed E-state index contributed by atoms with van der Waals surface area (Å²) < 4.78 is 13.8. The van der Waals surface area contributed by atoms with Crippen LogP contribution in [0.3, 0.4) is 0 Å². The first kappa shape index (κ1) is 21.0. The van der Waals surface area contributed by atoms with E-state index in [-0.39, 0.29) is 17.7 Å². The highest BCUT2D eigenvalue weighted by Gasteiger charge is 2.38. The number of carbonyl (C=O) groups excluding carboxylic acids is 3. The van der Waals surface area contributed by atoms with Gasteiger partial charge in [-0.1, -0.05) is 24.3 Å². The average molecular weight is 423 g/mol. The Hall–Kier alpha value is -3.22. The summed E-state index contributed by atoms with van der Waals surface area (Å²) in [6, 6.07) is 13.1. The second kappa shape index (κ2) is 8.88. The number of hydrogen-bond acceptors (Lipinski definition) is 3. The molecule has 0 saturated carbocycles. The fourth-order valence-corrected chi connectivity index (χ4v) is 4.26. The number of carbonyl (C=O) groups is 3. The predicted molar refractivity (Wildman–Crippen MR) is 114 cm³/mol. The van der Waals surface area contributed by atoms with Crippen LogP contribution in [0.1, 0.15) is 39.1 Å². The van der Waals surface area contributed by atoms with Crippen molar-refractivity contribution in [2.45, 2.75) is 25.8 Å². The van der Waals surface area contributed by atoms with E-state index in [1.807, 2.05) is 18.2 Å². The molecule has 3 amide bonds. The molecule has 2 aliphatic rings. The second-order valence-electron chi connectivity index (χ2n) is 8.10. The minimum Gasteiger partial charge on any atom is -0.337 e. The zero-order valence-electron chi connectivity index (χ0n) is 17.6. The third kappa shape index (κ3) is 4.31.